The van der Waals surface area contributed by atoms with Gasteiger partial charge in [-0.3, -0.25) is 4.79 Å². The lowest BCUT2D eigenvalue weighted by atomic mass is 9.92. The van der Waals surface area contributed by atoms with Gasteiger partial charge in [-0.25, -0.2) is 0 Å². The van der Waals surface area contributed by atoms with Crippen molar-refractivity contribution >= 4 is 5.78 Å². The lowest BCUT2D eigenvalue weighted by molar-refractivity contribution is 0.0967. The van der Waals surface area contributed by atoms with Gasteiger partial charge in [0.15, 0.2) is 5.78 Å². The SMILES string of the molecule is COc1c(C)cc(C(=O)CC(C)C)c(C)c1C. The zero-order valence-electron chi connectivity index (χ0n) is 11.7. The number of methoxy groups -OCH3 is 1. The predicted octanol–water partition coefficient (Wildman–Crippen LogP) is 3.85. The lowest BCUT2D eigenvalue weighted by Crippen LogP contribution is -2.08. The van der Waals surface area contributed by atoms with Crippen LogP contribution in [0.1, 0.15) is 47.3 Å². The summed E-state index contributed by atoms with van der Waals surface area (Å²) < 4.78 is 5.36. The number of hydrogen-bond donors (Lipinski definition) is 0. The van der Waals surface area contributed by atoms with Gasteiger partial charge in [-0.15, -0.1) is 0 Å². The first kappa shape index (κ1) is 13.8. The maximum Gasteiger partial charge on any atom is 0.163 e. The number of carbonyl (C=O) groups is 1. The molecule has 0 bridgehead atoms. The number of hydrogen-bond acceptors (Lipinski definition) is 2. The van der Waals surface area contributed by atoms with Crippen molar-refractivity contribution in [3.63, 3.8) is 0 Å². The molecule has 1 aromatic rings. The van der Waals surface area contributed by atoms with Crippen LogP contribution in [0.15, 0.2) is 6.07 Å². The van der Waals surface area contributed by atoms with Gasteiger partial charge in [0.05, 0.1) is 7.11 Å². The highest BCUT2D eigenvalue weighted by Gasteiger charge is 2.16. The van der Waals surface area contributed by atoms with Crippen LogP contribution in [-0.4, -0.2) is 12.9 Å². The van der Waals surface area contributed by atoms with Crippen molar-refractivity contribution in [2.45, 2.75) is 41.0 Å². The molecule has 0 fully saturated rings. The number of aryl methyl sites for hydroxylation is 1. The number of carbonyl (C=O) groups excluding carboxylic acids is 1. The molecule has 94 valence electrons. The molecule has 2 heteroatoms. The highest BCUT2D eigenvalue weighted by molar-refractivity contribution is 5.98. The van der Waals surface area contributed by atoms with E-state index >= 15 is 0 Å². The molecule has 1 rings (SSSR count). The van der Waals surface area contributed by atoms with Crippen LogP contribution in [0.3, 0.4) is 0 Å². The third-order valence-corrected chi connectivity index (χ3v) is 3.12. The topological polar surface area (TPSA) is 26.3 Å². The molecule has 2 nitrogen and oxygen atoms in total. The maximum atomic E-state index is 12.1. The summed E-state index contributed by atoms with van der Waals surface area (Å²) in [5.41, 5.74) is 3.98. The first-order valence-corrected chi connectivity index (χ1v) is 6.06. The third kappa shape index (κ3) is 2.87. The minimum absolute atomic E-state index is 0.228. The summed E-state index contributed by atoms with van der Waals surface area (Å²) in [5, 5.41) is 0. The van der Waals surface area contributed by atoms with Crippen molar-refractivity contribution in [3.8, 4) is 5.75 Å². The summed E-state index contributed by atoms with van der Waals surface area (Å²) in [6, 6.07) is 1.95. The molecule has 1 aromatic carbocycles. The monoisotopic (exact) mass is 234 g/mol. The van der Waals surface area contributed by atoms with E-state index in [2.05, 4.69) is 13.8 Å². The molecule has 0 N–H and O–H groups in total. The Labute approximate surface area is 104 Å². The highest BCUT2D eigenvalue weighted by Crippen LogP contribution is 2.29. The molecule has 0 aromatic heterocycles. The van der Waals surface area contributed by atoms with E-state index in [1.165, 1.54) is 0 Å². The van der Waals surface area contributed by atoms with E-state index in [9.17, 15) is 4.79 Å². The third-order valence-electron chi connectivity index (χ3n) is 3.12. The second-order valence-corrected chi connectivity index (χ2v) is 5.05. The second kappa shape index (κ2) is 5.35. The lowest BCUT2D eigenvalue weighted by Gasteiger charge is -2.15. The minimum Gasteiger partial charge on any atom is -0.496 e. The standard InChI is InChI=1S/C15H22O2/c1-9(2)7-14(16)13-8-10(3)15(17-6)12(5)11(13)4/h8-9H,7H2,1-6H3. The van der Waals surface area contributed by atoms with Crippen LogP contribution in [0.25, 0.3) is 0 Å². The van der Waals surface area contributed by atoms with E-state index in [4.69, 9.17) is 4.74 Å². The van der Waals surface area contributed by atoms with Gasteiger partial charge >= 0.3 is 0 Å². The molecule has 0 aliphatic rings. The Morgan fingerprint density at radius 3 is 2.29 bits per heavy atom. The molecule has 0 saturated carbocycles. The minimum atomic E-state index is 0.228. The second-order valence-electron chi connectivity index (χ2n) is 5.05. The smallest absolute Gasteiger partial charge is 0.163 e. The number of ketones is 1. The van der Waals surface area contributed by atoms with E-state index in [-0.39, 0.29) is 5.78 Å². The highest BCUT2D eigenvalue weighted by atomic mass is 16.5. The molecule has 0 heterocycles. The van der Waals surface area contributed by atoms with Gasteiger partial charge in [0.25, 0.3) is 0 Å². The van der Waals surface area contributed by atoms with Crippen molar-refractivity contribution in [3.05, 3.63) is 28.3 Å². The van der Waals surface area contributed by atoms with E-state index in [0.717, 1.165) is 28.0 Å². The Morgan fingerprint density at radius 1 is 1.24 bits per heavy atom. The predicted molar refractivity (Wildman–Crippen MR) is 71.0 cm³/mol. The summed E-state index contributed by atoms with van der Waals surface area (Å²) in [6.07, 6.45) is 0.603. The van der Waals surface area contributed by atoms with Crippen LogP contribution in [-0.2, 0) is 0 Å². The van der Waals surface area contributed by atoms with Crippen LogP contribution in [0.5, 0.6) is 5.75 Å². The van der Waals surface area contributed by atoms with Crippen LogP contribution in [0, 0.1) is 26.7 Å². The fraction of sp³-hybridized carbons (Fsp3) is 0.533. The molecule has 0 atom stereocenters. The van der Waals surface area contributed by atoms with Gasteiger partial charge in [-0.1, -0.05) is 13.8 Å². The van der Waals surface area contributed by atoms with Crippen LogP contribution in [0.4, 0.5) is 0 Å². The first-order chi connectivity index (χ1) is 7.88. The first-order valence-electron chi connectivity index (χ1n) is 6.06. The summed E-state index contributed by atoms with van der Waals surface area (Å²) in [5.74, 6) is 1.51. The van der Waals surface area contributed by atoms with Gasteiger partial charge in [-0.2, -0.15) is 0 Å². The van der Waals surface area contributed by atoms with Crippen LogP contribution in [0.2, 0.25) is 0 Å². The number of Topliss-reactive ketones (excluding diaryl/α,β-unsaturated/α-hetero) is 1. The van der Waals surface area contributed by atoms with Crippen molar-refractivity contribution in [2.75, 3.05) is 7.11 Å². The fourth-order valence-corrected chi connectivity index (χ4v) is 2.14. The van der Waals surface area contributed by atoms with Crippen LogP contribution < -0.4 is 4.74 Å². The molecular weight excluding hydrogens is 212 g/mol. The molecular formula is C15H22O2. The Bertz CT molecular complexity index is 431. The fourth-order valence-electron chi connectivity index (χ4n) is 2.14. The Morgan fingerprint density at radius 2 is 1.82 bits per heavy atom. The van der Waals surface area contributed by atoms with Gasteiger partial charge in [-0.05, 0) is 49.4 Å². The van der Waals surface area contributed by atoms with Crippen molar-refractivity contribution in [1.82, 2.24) is 0 Å². The maximum absolute atomic E-state index is 12.1. The molecule has 0 aliphatic heterocycles. The normalized spacial score (nSPS) is 10.8. The number of rotatable bonds is 4. The molecule has 17 heavy (non-hydrogen) atoms. The molecule has 0 aliphatic carbocycles. The summed E-state index contributed by atoms with van der Waals surface area (Å²) in [4.78, 5) is 12.1. The zero-order chi connectivity index (χ0) is 13.2. The average molecular weight is 234 g/mol. The summed E-state index contributed by atoms with van der Waals surface area (Å²) >= 11 is 0. The molecule has 0 radical (unpaired) electrons. The van der Waals surface area contributed by atoms with Crippen molar-refractivity contribution < 1.29 is 9.53 Å². The summed E-state index contributed by atoms with van der Waals surface area (Å²) in [7, 11) is 1.67. The van der Waals surface area contributed by atoms with Gasteiger partial charge in [0, 0.05) is 12.0 Å². The zero-order valence-corrected chi connectivity index (χ0v) is 11.7. The largest absolute Gasteiger partial charge is 0.496 e. The molecule has 0 amide bonds. The van der Waals surface area contributed by atoms with Crippen molar-refractivity contribution in [1.29, 1.82) is 0 Å². The molecule has 0 spiro atoms. The molecule has 0 saturated heterocycles. The number of ether oxygens (including phenoxy) is 1. The Hall–Kier alpha value is -1.31. The van der Waals surface area contributed by atoms with E-state index in [0.29, 0.717) is 12.3 Å². The van der Waals surface area contributed by atoms with E-state index in [1.54, 1.807) is 7.11 Å². The quantitative estimate of drug-likeness (QED) is 0.740. The molecule has 0 unspecified atom stereocenters. The van der Waals surface area contributed by atoms with Crippen LogP contribution >= 0.6 is 0 Å². The Balaban J connectivity index is 3.23. The van der Waals surface area contributed by atoms with E-state index in [1.807, 2.05) is 26.8 Å². The van der Waals surface area contributed by atoms with Crippen molar-refractivity contribution in [2.24, 2.45) is 5.92 Å². The number of benzene rings is 1. The average Bonchev–Trinajstić information content (AvgIpc) is 2.23. The van der Waals surface area contributed by atoms with Gasteiger partial charge in [0.1, 0.15) is 5.75 Å². The van der Waals surface area contributed by atoms with E-state index < -0.39 is 0 Å². The Kier molecular flexibility index (Phi) is 4.33. The van der Waals surface area contributed by atoms with Gasteiger partial charge < -0.3 is 4.74 Å². The van der Waals surface area contributed by atoms with Gasteiger partial charge in [0.2, 0.25) is 0 Å². The summed E-state index contributed by atoms with van der Waals surface area (Å²) in [6.45, 7) is 10.1.